The molecule has 1 fully saturated rings. The van der Waals surface area contributed by atoms with Crippen molar-refractivity contribution in [2.45, 2.75) is 18.9 Å². The van der Waals surface area contributed by atoms with Crippen LogP contribution >= 0.6 is 15.9 Å². The Kier molecular flexibility index (Phi) is 4.19. The molecule has 0 heterocycles. The molecule has 1 saturated carbocycles. The zero-order chi connectivity index (χ0) is 13.1. The Morgan fingerprint density at radius 1 is 1.56 bits per heavy atom. The second kappa shape index (κ2) is 5.67. The van der Waals surface area contributed by atoms with Crippen molar-refractivity contribution in [3.63, 3.8) is 0 Å². The SMILES string of the molecule is CN(CCNc1ccc(Br)cc1[N+](=O)[O-])C1CC1. The van der Waals surface area contributed by atoms with Gasteiger partial charge in [-0.25, -0.2) is 0 Å². The first kappa shape index (κ1) is 13.3. The van der Waals surface area contributed by atoms with Gasteiger partial charge < -0.3 is 10.2 Å². The normalized spacial score (nSPS) is 14.8. The number of nitrogens with zero attached hydrogens (tertiary/aromatic N) is 2. The summed E-state index contributed by atoms with van der Waals surface area (Å²) < 4.78 is 0.717. The first-order chi connectivity index (χ1) is 8.58. The van der Waals surface area contributed by atoms with Crippen LogP contribution in [0.3, 0.4) is 0 Å². The van der Waals surface area contributed by atoms with Gasteiger partial charge in [-0.05, 0) is 32.0 Å². The van der Waals surface area contributed by atoms with Gasteiger partial charge in [0.2, 0.25) is 0 Å². The monoisotopic (exact) mass is 313 g/mol. The fourth-order valence-corrected chi connectivity index (χ4v) is 2.22. The Hall–Kier alpha value is -1.14. The van der Waals surface area contributed by atoms with E-state index in [0.29, 0.717) is 11.7 Å². The Balaban J connectivity index is 1.93. The molecular formula is C12H16BrN3O2. The third kappa shape index (κ3) is 3.43. The average Bonchev–Trinajstić information content (AvgIpc) is 3.14. The predicted octanol–water partition coefficient (Wildman–Crippen LogP) is 2.86. The van der Waals surface area contributed by atoms with E-state index in [1.54, 1.807) is 12.1 Å². The van der Waals surface area contributed by atoms with Gasteiger partial charge in [-0.1, -0.05) is 15.9 Å². The van der Waals surface area contributed by atoms with Crippen LogP contribution in [0, 0.1) is 10.1 Å². The summed E-state index contributed by atoms with van der Waals surface area (Å²) in [5, 5.41) is 14.1. The maximum atomic E-state index is 10.9. The van der Waals surface area contributed by atoms with Crippen molar-refractivity contribution in [2.24, 2.45) is 0 Å². The molecule has 98 valence electrons. The smallest absolute Gasteiger partial charge is 0.293 e. The number of likely N-dealkylation sites (N-methyl/N-ethyl adjacent to an activating group) is 1. The Bertz CT molecular complexity index is 449. The molecule has 1 aromatic carbocycles. The number of hydrogen-bond acceptors (Lipinski definition) is 4. The summed E-state index contributed by atoms with van der Waals surface area (Å²) in [6, 6.07) is 5.78. The van der Waals surface area contributed by atoms with Crippen LogP contribution in [0.5, 0.6) is 0 Å². The fourth-order valence-electron chi connectivity index (χ4n) is 1.87. The van der Waals surface area contributed by atoms with Crippen LogP contribution in [0.15, 0.2) is 22.7 Å². The predicted molar refractivity (Wildman–Crippen MR) is 74.9 cm³/mol. The molecule has 0 unspecified atom stereocenters. The Labute approximate surface area is 114 Å². The van der Waals surface area contributed by atoms with Crippen molar-refractivity contribution in [1.29, 1.82) is 0 Å². The highest BCUT2D eigenvalue weighted by Gasteiger charge is 2.25. The first-order valence-corrected chi connectivity index (χ1v) is 6.75. The second-order valence-electron chi connectivity index (χ2n) is 4.56. The van der Waals surface area contributed by atoms with Crippen LogP contribution in [0.2, 0.25) is 0 Å². The zero-order valence-electron chi connectivity index (χ0n) is 10.2. The summed E-state index contributed by atoms with van der Waals surface area (Å²) in [4.78, 5) is 12.8. The lowest BCUT2D eigenvalue weighted by Gasteiger charge is -2.16. The average molecular weight is 314 g/mol. The van der Waals surface area contributed by atoms with Crippen LogP contribution < -0.4 is 5.32 Å². The van der Waals surface area contributed by atoms with Crippen molar-refractivity contribution in [3.8, 4) is 0 Å². The molecule has 0 bridgehead atoms. The van der Waals surface area contributed by atoms with E-state index < -0.39 is 0 Å². The molecule has 1 aliphatic carbocycles. The number of rotatable bonds is 6. The topological polar surface area (TPSA) is 58.4 Å². The number of halogens is 1. The molecule has 2 rings (SSSR count). The third-order valence-corrected chi connectivity index (χ3v) is 3.60. The molecule has 0 saturated heterocycles. The molecule has 5 nitrogen and oxygen atoms in total. The summed E-state index contributed by atoms with van der Waals surface area (Å²) >= 11 is 3.24. The van der Waals surface area contributed by atoms with Gasteiger partial charge in [0.25, 0.3) is 5.69 Å². The van der Waals surface area contributed by atoms with Crippen molar-refractivity contribution in [3.05, 3.63) is 32.8 Å². The summed E-state index contributed by atoms with van der Waals surface area (Å²) in [6.45, 7) is 1.62. The number of anilines is 1. The van der Waals surface area contributed by atoms with E-state index >= 15 is 0 Å². The minimum Gasteiger partial charge on any atom is -0.378 e. The van der Waals surface area contributed by atoms with E-state index in [0.717, 1.165) is 17.6 Å². The quantitative estimate of drug-likeness (QED) is 0.648. The van der Waals surface area contributed by atoms with E-state index in [2.05, 4.69) is 33.2 Å². The number of hydrogen-bond donors (Lipinski definition) is 1. The van der Waals surface area contributed by atoms with Gasteiger partial charge in [-0.15, -0.1) is 0 Å². The van der Waals surface area contributed by atoms with E-state index in [1.807, 2.05) is 0 Å². The lowest BCUT2D eigenvalue weighted by molar-refractivity contribution is -0.384. The summed E-state index contributed by atoms with van der Waals surface area (Å²) in [5.41, 5.74) is 0.686. The van der Waals surface area contributed by atoms with Crippen LogP contribution in [-0.2, 0) is 0 Å². The molecular weight excluding hydrogens is 298 g/mol. The third-order valence-electron chi connectivity index (χ3n) is 3.11. The highest BCUT2D eigenvalue weighted by molar-refractivity contribution is 9.10. The first-order valence-electron chi connectivity index (χ1n) is 5.96. The molecule has 0 amide bonds. The Morgan fingerprint density at radius 3 is 2.89 bits per heavy atom. The van der Waals surface area contributed by atoms with Gasteiger partial charge in [0, 0.05) is 29.7 Å². The molecule has 6 heteroatoms. The van der Waals surface area contributed by atoms with Gasteiger partial charge in [0.05, 0.1) is 4.92 Å². The van der Waals surface area contributed by atoms with Crippen molar-refractivity contribution >= 4 is 27.3 Å². The summed E-state index contributed by atoms with van der Waals surface area (Å²) in [5.74, 6) is 0. The molecule has 0 atom stereocenters. The minimum atomic E-state index is -0.363. The molecule has 1 aliphatic rings. The molecule has 0 radical (unpaired) electrons. The van der Waals surface area contributed by atoms with Gasteiger partial charge in [-0.2, -0.15) is 0 Å². The zero-order valence-corrected chi connectivity index (χ0v) is 11.8. The van der Waals surface area contributed by atoms with Gasteiger partial charge in [0.15, 0.2) is 0 Å². The number of nitro benzene ring substituents is 1. The number of nitrogens with one attached hydrogen (secondary N) is 1. The summed E-state index contributed by atoms with van der Waals surface area (Å²) in [7, 11) is 2.09. The van der Waals surface area contributed by atoms with Crippen LogP contribution in [-0.4, -0.2) is 36.0 Å². The number of benzene rings is 1. The second-order valence-corrected chi connectivity index (χ2v) is 5.47. The lowest BCUT2D eigenvalue weighted by atomic mass is 10.2. The van der Waals surface area contributed by atoms with Crippen LogP contribution in [0.4, 0.5) is 11.4 Å². The molecule has 18 heavy (non-hydrogen) atoms. The number of nitro groups is 1. The maximum absolute atomic E-state index is 10.9. The molecule has 1 N–H and O–H groups in total. The molecule has 1 aromatic rings. The van der Waals surface area contributed by atoms with E-state index in [-0.39, 0.29) is 10.6 Å². The largest absolute Gasteiger partial charge is 0.378 e. The van der Waals surface area contributed by atoms with Crippen LogP contribution in [0.25, 0.3) is 0 Å². The van der Waals surface area contributed by atoms with Crippen molar-refractivity contribution < 1.29 is 4.92 Å². The molecule has 0 spiro atoms. The van der Waals surface area contributed by atoms with Gasteiger partial charge >= 0.3 is 0 Å². The minimum absolute atomic E-state index is 0.110. The van der Waals surface area contributed by atoms with Crippen molar-refractivity contribution in [2.75, 3.05) is 25.5 Å². The fraction of sp³-hybridized carbons (Fsp3) is 0.500. The Morgan fingerprint density at radius 2 is 2.28 bits per heavy atom. The standard InChI is InChI=1S/C12H16BrN3O2/c1-15(10-3-4-10)7-6-14-11-5-2-9(13)8-12(11)16(17)18/h2,5,8,10,14H,3-4,6-7H2,1H3. The molecule has 0 aromatic heterocycles. The van der Waals surface area contributed by atoms with E-state index in [4.69, 9.17) is 0 Å². The highest BCUT2D eigenvalue weighted by atomic mass is 79.9. The highest BCUT2D eigenvalue weighted by Crippen LogP contribution is 2.28. The lowest BCUT2D eigenvalue weighted by Crippen LogP contribution is -2.27. The molecule has 0 aliphatic heterocycles. The van der Waals surface area contributed by atoms with Crippen LogP contribution in [0.1, 0.15) is 12.8 Å². The van der Waals surface area contributed by atoms with E-state index in [9.17, 15) is 10.1 Å². The summed E-state index contributed by atoms with van der Waals surface area (Å²) in [6.07, 6.45) is 2.55. The van der Waals surface area contributed by atoms with Crippen molar-refractivity contribution in [1.82, 2.24) is 4.90 Å². The van der Waals surface area contributed by atoms with Gasteiger partial charge in [0.1, 0.15) is 5.69 Å². The maximum Gasteiger partial charge on any atom is 0.293 e. The van der Waals surface area contributed by atoms with E-state index in [1.165, 1.54) is 18.9 Å². The van der Waals surface area contributed by atoms with Gasteiger partial charge in [-0.3, -0.25) is 10.1 Å².